The molecule has 238 valence electrons. The number of benzene rings is 2. The van der Waals surface area contributed by atoms with Gasteiger partial charge in [0.1, 0.15) is 23.7 Å². The van der Waals surface area contributed by atoms with E-state index in [2.05, 4.69) is 45.6 Å². The van der Waals surface area contributed by atoms with E-state index in [4.69, 9.17) is 4.74 Å². The van der Waals surface area contributed by atoms with Crippen LogP contribution in [0.15, 0.2) is 60.7 Å². The molecule has 1 unspecified atom stereocenters. The van der Waals surface area contributed by atoms with Gasteiger partial charge in [-0.25, -0.2) is 23.7 Å². The van der Waals surface area contributed by atoms with Crippen LogP contribution < -0.4 is 4.90 Å². The number of hydrogen-bond acceptors (Lipinski definition) is 7. The van der Waals surface area contributed by atoms with Crippen LogP contribution in [0.5, 0.6) is 0 Å². The predicted molar refractivity (Wildman–Crippen MR) is 173 cm³/mol. The number of morpholine rings is 1. The Kier molecular flexibility index (Phi) is 14.3. The summed E-state index contributed by atoms with van der Waals surface area (Å²) in [5.41, 5.74) is 1.84. The van der Waals surface area contributed by atoms with Crippen LogP contribution in [0.25, 0.3) is 16.9 Å². The molecule has 0 spiro atoms. The number of fused-ring (bicyclic) bond motifs is 1. The Bertz CT molecular complexity index is 1410. The predicted octanol–water partition coefficient (Wildman–Crippen LogP) is 7.30. The molecule has 44 heavy (non-hydrogen) atoms. The number of halogens is 2. The molecule has 8 nitrogen and oxygen atoms in total. The van der Waals surface area contributed by atoms with E-state index < -0.39 is 6.43 Å². The number of aldehydes is 1. The highest BCUT2D eigenvalue weighted by Crippen LogP contribution is 2.28. The van der Waals surface area contributed by atoms with Crippen molar-refractivity contribution >= 4 is 23.1 Å². The molecule has 0 saturated carbocycles. The van der Waals surface area contributed by atoms with Gasteiger partial charge < -0.3 is 14.5 Å². The smallest absolute Gasteiger partial charge is 0.296 e. The summed E-state index contributed by atoms with van der Waals surface area (Å²) in [6, 6.07) is 17.9. The van der Waals surface area contributed by atoms with E-state index in [9.17, 15) is 13.6 Å². The molecule has 0 N–H and O–H groups in total. The number of hydrogen-bond donors (Lipinski definition) is 0. The van der Waals surface area contributed by atoms with Crippen molar-refractivity contribution in [2.45, 2.75) is 65.9 Å². The van der Waals surface area contributed by atoms with Gasteiger partial charge in [-0.1, -0.05) is 69.2 Å². The summed E-state index contributed by atoms with van der Waals surface area (Å²) >= 11 is 0. The molecule has 2 aliphatic rings. The number of unbranched alkanes of at least 4 members (excludes halogenated alkanes) is 1. The lowest BCUT2D eigenvalue weighted by Crippen LogP contribution is -2.41. The van der Waals surface area contributed by atoms with Crippen LogP contribution in [0.2, 0.25) is 0 Å². The summed E-state index contributed by atoms with van der Waals surface area (Å²) < 4.78 is 34.2. The Hall–Kier alpha value is -3.76. The SMILES string of the molecule is CCCC.CN1CCCC1.Cc1nc(N2CCOC(C)C2)cc(-n2c(C(F)F)nc3ccccc32)n1.O=Cc1ccccc1. The molecule has 10 heteroatoms. The molecular weight excluding hydrogens is 562 g/mol. The lowest BCUT2D eigenvalue weighted by molar-refractivity contribution is 0.0529. The standard InChI is InChI=1S/C18H19F2N5O.C7H6O.C5H11N.C4H10/c1-11-10-24(7-8-26-11)15-9-16(22-12(2)21-15)25-14-6-4-3-5-13(14)23-18(25)17(19)20;8-6-7-4-2-1-3-5-7;1-6-4-2-3-5-6;1-3-4-2/h3-6,9,11,17H,7-8,10H2,1-2H3;1-6H;2-5H2,1H3;3-4H2,1-2H3. The molecular formula is C34H46F2N6O2. The van der Waals surface area contributed by atoms with Crippen LogP contribution in [-0.2, 0) is 4.74 Å². The number of alkyl halides is 2. The maximum absolute atomic E-state index is 13.6. The first-order valence-corrected chi connectivity index (χ1v) is 15.4. The first-order chi connectivity index (χ1) is 21.3. The average molecular weight is 609 g/mol. The van der Waals surface area contributed by atoms with Crippen molar-refractivity contribution < 1.29 is 18.3 Å². The minimum Gasteiger partial charge on any atom is -0.375 e. The summed E-state index contributed by atoms with van der Waals surface area (Å²) in [6.07, 6.45) is 3.69. The van der Waals surface area contributed by atoms with E-state index in [1.165, 1.54) is 43.3 Å². The second-order valence-corrected chi connectivity index (χ2v) is 10.9. The minimum absolute atomic E-state index is 0.0909. The Morgan fingerprint density at radius 3 is 2.11 bits per heavy atom. The van der Waals surface area contributed by atoms with Gasteiger partial charge in [0, 0.05) is 24.7 Å². The summed E-state index contributed by atoms with van der Waals surface area (Å²) in [7, 11) is 2.17. The van der Waals surface area contributed by atoms with Crippen LogP contribution in [0.3, 0.4) is 0 Å². The molecule has 0 bridgehead atoms. The topological polar surface area (TPSA) is 76.4 Å². The van der Waals surface area contributed by atoms with Gasteiger partial charge in [0.25, 0.3) is 6.43 Å². The number of carbonyl (C=O) groups excluding carboxylic acids is 1. The number of carbonyl (C=O) groups is 1. The number of imidazole rings is 1. The van der Waals surface area contributed by atoms with Gasteiger partial charge in [-0.15, -0.1) is 0 Å². The average Bonchev–Trinajstić information content (AvgIpc) is 3.69. The quantitative estimate of drug-likeness (QED) is 0.220. The van der Waals surface area contributed by atoms with Crippen LogP contribution in [0.4, 0.5) is 14.6 Å². The molecule has 2 saturated heterocycles. The first kappa shape index (κ1) is 34.7. The number of aryl methyl sites for hydroxylation is 1. The summed E-state index contributed by atoms with van der Waals surface area (Å²) in [5.74, 6) is 1.32. The third-order valence-electron chi connectivity index (χ3n) is 7.15. The van der Waals surface area contributed by atoms with Crippen LogP contribution in [0.1, 0.15) is 74.9 Å². The van der Waals surface area contributed by atoms with Gasteiger partial charge in [0.05, 0.1) is 23.7 Å². The first-order valence-electron chi connectivity index (χ1n) is 15.4. The van der Waals surface area contributed by atoms with Crippen molar-refractivity contribution in [2.24, 2.45) is 0 Å². The Morgan fingerprint density at radius 1 is 0.932 bits per heavy atom. The number of nitrogens with zero attached hydrogens (tertiary/aromatic N) is 6. The number of likely N-dealkylation sites (tertiary alicyclic amines) is 1. The van der Waals surface area contributed by atoms with E-state index >= 15 is 0 Å². The fraction of sp³-hybridized carbons (Fsp3) is 0.471. The fourth-order valence-corrected chi connectivity index (χ4v) is 4.68. The highest BCUT2D eigenvalue weighted by Gasteiger charge is 2.23. The van der Waals surface area contributed by atoms with Crippen LogP contribution >= 0.6 is 0 Å². The van der Waals surface area contributed by atoms with E-state index in [-0.39, 0.29) is 11.9 Å². The molecule has 0 radical (unpaired) electrons. The third-order valence-corrected chi connectivity index (χ3v) is 7.15. The van der Waals surface area contributed by atoms with Gasteiger partial charge >= 0.3 is 0 Å². The van der Waals surface area contributed by atoms with Crippen LogP contribution in [0, 0.1) is 6.92 Å². The molecule has 0 aliphatic carbocycles. The molecule has 2 aromatic heterocycles. The molecule has 0 amide bonds. The lowest BCUT2D eigenvalue weighted by atomic mass is 10.2. The zero-order valence-corrected chi connectivity index (χ0v) is 26.6. The molecule has 6 rings (SSSR count). The number of para-hydroxylation sites is 2. The van der Waals surface area contributed by atoms with Gasteiger partial charge in [-0.2, -0.15) is 0 Å². The van der Waals surface area contributed by atoms with Crippen molar-refractivity contribution in [1.82, 2.24) is 24.4 Å². The summed E-state index contributed by atoms with van der Waals surface area (Å²) in [5, 5.41) is 0. The van der Waals surface area contributed by atoms with E-state index in [0.717, 1.165) is 11.8 Å². The molecule has 1 atom stereocenters. The Labute approximate surface area is 260 Å². The number of aromatic nitrogens is 4. The molecule has 4 aromatic rings. The van der Waals surface area contributed by atoms with Gasteiger partial charge in [-0.3, -0.25) is 9.36 Å². The second kappa shape index (κ2) is 18.1. The van der Waals surface area contributed by atoms with Crippen LogP contribution in [-0.4, -0.2) is 76.6 Å². The maximum atomic E-state index is 13.6. The van der Waals surface area contributed by atoms with Gasteiger partial charge in [-0.05, 0) is 59.0 Å². The van der Waals surface area contributed by atoms with E-state index in [1.807, 2.05) is 25.1 Å². The number of anilines is 1. The Balaban J connectivity index is 0.000000238. The number of ether oxygens (including phenoxy) is 1. The second-order valence-electron chi connectivity index (χ2n) is 10.9. The van der Waals surface area contributed by atoms with Crippen molar-refractivity contribution in [3.05, 3.63) is 77.9 Å². The van der Waals surface area contributed by atoms with E-state index in [0.29, 0.717) is 48.2 Å². The van der Waals surface area contributed by atoms with Crippen molar-refractivity contribution in [3.8, 4) is 5.82 Å². The van der Waals surface area contributed by atoms with Crippen molar-refractivity contribution in [2.75, 3.05) is 44.7 Å². The van der Waals surface area contributed by atoms with Crippen molar-refractivity contribution in [1.29, 1.82) is 0 Å². The van der Waals surface area contributed by atoms with E-state index in [1.54, 1.807) is 49.4 Å². The minimum atomic E-state index is -2.70. The van der Waals surface area contributed by atoms with Crippen molar-refractivity contribution in [3.63, 3.8) is 0 Å². The Morgan fingerprint density at radius 2 is 1.57 bits per heavy atom. The highest BCUT2D eigenvalue weighted by atomic mass is 19.3. The molecule has 2 aromatic carbocycles. The monoisotopic (exact) mass is 608 g/mol. The normalized spacial score (nSPS) is 16.4. The largest absolute Gasteiger partial charge is 0.375 e. The molecule has 4 heterocycles. The molecule has 2 aliphatic heterocycles. The summed E-state index contributed by atoms with van der Waals surface area (Å²) in [6.45, 7) is 12.8. The third kappa shape index (κ3) is 10.4. The summed E-state index contributed by atoms with van der Waals surface area (Å²) in [4.78, 5) is 27.4. The highest BCUT2D eigenvalue weighted by molar-refractivity contribution is 5.78. The zero-order valence-electron chi connectivity index (χ0n) is 26.6. The fourth-order valence-electron chi connectivity index (χ4n) is 4.68. The maximum Gasteiger partial charge on any atom is 0.296 e. The number of rotatable bonds is 5. The lowest BCUT2D eigenvalue weighted by Gasteiger charge is -2.32. The van der Waals surface area contributed by atoms with Gasteiger partial charge in [0.15, 0.2) is 5.82 Å². The zero-order chi connectivity index (χ0) is 31.9. The molecule has 2 fully saturated rings. The van der Waals surface area contributed by atoms with Gasteiger partial charge in [0.2, 0.25) is 0 Å².